The predicted octanol–water partition coefficient (Wildman–Crippen LogP) is 3.13. The molecule has 1 unspecified atom stereocenters. The van der Waals surface area contributed by atoms with Gasteiger partial charge < -0.3 is 4.90 Å². The molecule has 0 saturated heterocycles. The number of Topliss-reactive ketones (excluding diaryl/α,β-unsaturated/α-hetero) is 1. The summed E-state index contributed by atoms with van der Waals surface area (Å²) in [6, 6.07) is 10.3. The zero-order valence-electron chi connectivity index (χ0n) is 10.9. The van der Waals surface area contributed by atoms with Crippen LogP contribution in [0.3, 0.4) is 0 Å². The van der Waals surface area contributed by atoms with Gasteiger partial charge in [-0.1, -0.05) is 32.0 Å². The maximum atomic E-state index is 12.2. The van der Waals surface area contributed by atoms with Gasteiger partial charge in [-0.25, -0.2) is 0 Å². The largest absolute Gasteiger partial charge is 0.374 e. The van der Waals surface area contributed by atoms with Gasteiger partial charge in [0, 0.05) is 30.6 Å². The Morgan fingerprint density at radius 2 is 1.94 bits per heavy atom. The first-order valence-electron chi connectivity index (χ1n) is 6.31. The van der Waals surface area contributed by atoms with Crippen molar-refractivity contribution >= 4 is 11.5 Å². The molecule has 0 heterocycles. The summed E-state index contributed by atoms with van der Waals surface area (Å²) in [5.74, 6) is 0.635. The molecular weight excluding hydrogens is 210 g/mol. The van der Waals surface area contributed by atoms with Crippen LogP contribution in [0.2, 0.25) is 0 Å². The van der Waals surface area contributed by atoms with Gasteiger partial charge in [0.15, 0.2) is 0 Å². The first-order chi connectivity index (χ1) is 8.00. The Morgan fingerprint density at radius 1 is 1.29 bits per heavy atom. The number of anilines is 1. The van der Waals surface area contributed by atoms with Crippen LogP contribution in [0.5, 0.6) is 0 Å². The second-order valence-corrected chi connectivity index (χ2v) is 5.70. The lowest BCUT2D eigenvalue weighted by molar-refractivity contribution is -0.127. The Bertz CT molecular complexity index is 397. The fraction of sp³-hybridized carbons (Fsp3) is 0.533. The number of carbonyl (C=O) groups excluding carboxylic acids is 1. The van der Waals surface area contributed by atoms with Gasteiger partial charge in [-0.15, -0.1) is 0 Å². The number of ketones is 1. The zero-order chi connectivity index (χ0) is 12.5. The van der Waals surface area contributed by atoms with Crippen LogP contribution < -0.4 is 4.90 Å². The molecule has 0 radical (unpaired) electrons. The summed E-state index contributed by atoms with van der Waals surface area (Å²) >= 11 is 0. The Kier molecular flexibility index (Phi) is 3.23. The first kappa shape index (κ1) is 12.2. The third-order valence-corrected chi connectivity index (χ3v) is 3.85. The summed E-state index contributed by atoms with van der Waals surface area (Å²) < 4.78 is 0. The highest BCUT2D eigenvalue weighted by Gasteiger charge is 2.40. The van der Waals surface area contributed by atoms with Crippen molar-refractivity contribution in [2.75, 3.05) is 18.5 Å². The van der Waals surface area contributed by atoms with Crippen molar-refractivity contribution in [3.63, 3.8) is 0 Å². The maximum absolute atomic E-state index is 12.2. The molecule has 0 bridgehead atoms. The molecule has 1 aromatic carbocycles. The molecule has 1 fully saturated rings. The van der Waals surface area contributed by atoms with Gasteiger partial charge in [0.2, 0.25) is 0 Å². The van der Waals surface area contributed by atoms with Crippen LogP contribution in [0.25, 0.3) is 0 Å². The molecule has 1 aromatic rings. The number of hydrogen-bond donors (Lipinski definition) is 0. The number of para-hydroxylation sites is 1. The maximum Gasteiger partial charge on any atom is 0.143 e. The molecular formula is C15H21NO. The number of hydrogen-bond acceptors (Lipinski definition) is 2. The van der Waals surface area contributed by atoms with Crippen molar-refractivity contribution < 1.29 is 4.79 Å². The molecule has 0 aliphatic heterocycles. The molecule has 0 spiro atoms. The van der Waals surface area contributed by atoms with Gasteiger partial charge in [-0.05, 0) is 25.0 Å². The predicted molar refractivity (Wildman–Crippen MR) is 71.2 cm³/mol. The lowest BCUT2D eigenvalue weighted by Crippen LogP contribution is -2.31. The molecule has 2 heteroatoms. The Balaban J connectivity index is 2.01. The lowest BCUT2D eigenvalue weighted by atomic mass is 9.89. The SMILES string of the molecule is CN(CC1CCC(C)(C)C1=O)c1ccccc1. The molecule has 1 aliphatic carbocycles. The highest BCUT2D eigenvalue weighted by molar-refractivity contribution is 5.88. The van der Waals surface area contributed by atoms with Crippen molar-refractivity contribution in [3.05, 3.63) is 30.3 Å². The van der Waals surface area contributed by atoms with Crippen LogP contribution in [0, 0.1) is 11.3 Å². The molecule has 1 aliphatic rings. The van der Waals surface area contributed by atoms with E-state index in [2.05, 4.69) is 37.9 Å². The van der Waals surface area contributed by atoms with E-state index in [1.54, 1.807) is 0 Å². The van der Waals surface area contributed by atoms with Gasteiger partial charge in [0.1, 0.15) is 5.78 Å². The summed E-state index contributed by atoms with van der Waals surface area (Å²) in [6.45, 7) is 4.97. The monoisotopic (exact) mass is 231 g/mol. The van der Waals surface area contributed by atoms with E-state index in [0.29, 0.717) is 5.78 Å². The second-order valence-electron chi connectivity index (χ2n) is 5.70. The standard InChI is InChI=1S/C15H21NO/c1-15(2)10-9-12(14(15)17)11-16(3)13-7-5-4-6-8-13/h4-8,12H,9-11H2,1-3H3. The van der Waals surface area contributed by atoms with E-state index in [-0.39, 0.29) is 11.3 Å². The van der Waals surface area contributed by atoms with E-state index in [0.717, 1.165) is 19.4 Å². The number of carbonyl (C=O) groups is 1. The van der Waals surface area contributed by atoms with E-state index in [1.165, 1.54) is 5.69 Å². The Hall–Kier alpha value is -1.31. The molecule has 0 N–H and O–H groups in total. The Labute approximate surface area is 104 Å². The number of nitrogens with zero attached hydrogens (tertiary/aromatic N) is 1. The third kappa shape index (κ3) is 2.51. The van der Waals surface area contributed by atoms with Crippen molar-refractivity contribution in [2.45, 2.75) is 26.7 Å². The molecule has 17 heavy (non-hydrogen) atoms. The molecule has 2 nitrogen and oxygen atoms in total. The van der Waals surface area contributed by atoms with E-state index < -0.39 is 0 Å². The lowest BCUT2D eigenvalue weighted by Gasteiger charge is -2.23. The normalized spacial score (nSPS) is 22.8. The molecule has 0 amide bonds. The van der Waals surface area contributed by atoms with Crippen molar-refractivity contribution in [3.8, 4) is 0 Å². The van der Waals surface area contributed by atoms with Gasteiger partial charge in [-0.3, -0.25) is 4.79 Å². The molecule has 1 atom stereocenters. The fourth-order valence-corrected chi connectivity index (χ4v) is 2.63. The van der Waals surface area contributed by atoms with Gasteiger partial charge in [0.05, 0.1) is 0 Å². The zero-order valence-corrected chi connectivity index (χ0v) is 10.9. The van der Waals surface area contributed by atoms with E-state index in [1.807, 2.05) is 18.2 Å². The molecule has 0 aromatic heterocycles. The topological polar surface area (TPSA) is 20.3 Å². The van der Waals surface area contributed by atoms with Gasteiger partial charge >= 0.3 is 0 Å². The number of rotatable bonds is 3. The highest BCUT2D eigenvalue weighted by atomic mass is 16.1. The van der Waals surface area contributed by atoms with Crippen LogP contribution in [-0.2, 0) is 4.79 Å². The van der Waals surface area contributed by atoms with Crippen LogP contribution >= 0.6 is 0 Å². The van der Waals surface area contributed by atoms with Crippen molar-refractivity contribution in [1.29, 1.82) is 0 Å². The van der Waals surface area contributed by atoms with Crippen LogP contribution in [0.1, 0.15) is 26.7 Å². The highest BCUT2D eigenvalue weighted by Crippen LogP contribution is 2.38. The minimum absolute atomic E-state index is 0.109. The Morgan fingerprint density at radius 3 is 2.47 bits per heavy atom. The van der Waals surface area contributed by atoms with E-state index >= 15 is 0 Å². The van der Waals surface area contributed by atoms with Crippen LogP contribution in [0.4, 0.5) is 5.69 Å². The van der Waals surface area contributed by atoms with Crippen LogP contribution in [0.15, 0.2) is 30.3 Å². The number of benzene rings is 1. The average Bonchev–Trinajstić information content (AvgIpc) is 2.57. The van der Waals surface area contributed by atoms with Gasteiger partial charge in [-0.2, -0.15) is 0 Å². The minimum Gasteiger partial charge on any atom is -0.374 e. The third-order valence-electron chi connectivity index (χ3n) is 3.85. The van der Waals surface area contributed by atoms with Gasteiger partial charge in [0.25, 0.3) is 0 Å². The molecule has 2 rings (SSSR count). The van der Waals surface area contributed by atoms with E-state index in [9.17, 15) is 4.79 Å². The summed E-state index contributed by atoms with van der Waals surface area (Å²) in [7, 11) is 2.06. The van der Waals surface area contributed by atoms with E-state index in [4.69, 9.17) is 0 Å². The summed E-state index contributed by atoms with van der Waals surface area (Å²) in [6.07, 6.45) is 2.06. The second kappa shape index (κ2) is 4.52. The average molecular weight is 231 g/mol. The van der Waals surface area contributed by atoms with Crippen molar-refractivity contribution in [1.82, 2.24) is 0 Å². The quantitative estimate of drug-likeness (QED) is 0.796. The van der Waals surface area contributed by atoms with Crippen LogP contribution in [-0.4, -0.2) is 19.4 Å². The first-order valence-corrected chi connectivity index (χ1v) is 6.31. The summed E-state index contributed by atoms with van der Waals surface area (Å²) in [4.78, 5) is 14.4. The molecule has 92 valence electrons. The smallest absolute Gasteiger partial charge is 0.143 e. The minimum atomic E-state index is -0.109. The molecule has 1 saturated carbocycles. The fourth-order valence-electron chi connectivity index (χ4n) is 2.63. The summed E-state index contributed by atoms with van der Waals surface area (Å²) in [5, 5.41) is 0. The summed E-state index contributed by atoms with van der Waals surface area (Å²) in [5.41, 5.74) is 1.08. The van der Waals surface area contributed by atoms with Crippen molar-refractivity contribution in [2.24, 2.45) is 11.3 Å².